The lowest BCUT2D eigenvalue weighted by molar-refractivity contribution is 0.415. The number of benzene rings is 2. The molecular weight excluding hydrogens is 238 g/mol. The largest absolute Gasteiger partial charge is 0.497 e. The Bertz CT molecular complexity index is 549. The van der Waals surface area contributed by atoms with Crippen molar-refractivity contribution in [3.63, 3.8) is 0 Å². The fourth-order valence-electron chi connectivity index (χ4n) is 1.65. The number of aliphatic imine (C=N–C) groups is 1. The van der Waals surface area contributed by atoms with Crippen LogP contribution in [0.2, 0.25) is 0 Å². The molecule has 0 heterocycles. The van der Waals surface area contributed by atoms with E-state index in [9.17, 15) is 0 Å². The molecule has 2 aromatic rings. The number of methoxy groups -OCH3 is 1. The second-order valence-corrected chi connectivity index (χ2v) is 4.06. The van der Waals surface area contributed by atoms with Crippen LogP contribution in [0.15, 0.2) is 59.6 Å². The monoisotopic (exact) mass is 255 g/mol. The molecule has 0 atom stereocenters. The van der Waals surface area contributed by atoms with Crippen molar-refractivity contribution >= 4 is 17.3 Å². The fraction of sp³-hybridized carbons (Fsp3) is 0.133. The van der Waals surface area contributed by atoms with Crippen LogP contribution in [-0.2, 0) is 0 Å². The van der Waals surface area contributed by atoms with E-state index in [4.69, 9.17) is 10.5 Å². The first-order valence-corrected chi connectivity index (χ1v) is 5.97. The summed E-state index contributed by atoms with van der Waals surface area (Å²) in [5, 5.41) is 0. The Morgan fingerprint density at radius 2 is 1.68 bits per heavy atom. The molecule has 0 aliphatic heterocycles. The number of para-hydroxylation sites is 1. The highest BCUT2D eigenvalue weighted by Crippen LogP contribution is 2.19. The predicted octanol–water partition coefficient (Wildman–Crippen LogP) is 2.78. The molecule has 2 aromatic carbocycles. The maximum absolute atomic E-state index is 6.00. The summed E-state index contributed by atoms with van der Waals surface area (Å²) in [6.07, 6.45) is 0. The minimum atomic E-state index is 0.441. The van der Waals surface area contributed by atoms with Gasteiger partial charge in [0.05, 0.1) is 12.8 Å². The number of guanidine groups is 1. The Kier molecular flexibility index (Phi) is 4.03. The van der Waals surface area contributed by atoms with E-state index in [0.717, 1.165) is 17.1 Å². The summed E-state index contributed by atoms with van der Waals surface area (Å²) >= 11 is 0. The Hall–Kier alpha value is -2.49. The van der Waals surface area contributed by atoms with Crippen LogP contribution >= 0.6 is 0 Å². The fourth-order valence-corrected chi connectivity index (χ4v) is 1.65. The van der Waals surface area contributed by atoms with Crippen LogP contribution in [0.3, 0.4) is 0 Å². The summed E-state index contributed by atoms with van der Waals surface area (Å²) in [6, 6.07) is 17.3. The zero-order valence-corrected chi connectivity index (χ0v) is 11.1. The molecule has 0 fully saturated rings. The summed E-state index contributed by atoms with van der Waals surface area (Å²) in [7, 11) is 3.52. The molecule has 0 bridgehead atoms. The molecule has 0 unspecified atom stereocenters. The van der Waals surface area contributed by atoms with Crippen molar-refractivity contribution in [2.45, 2.75) is 0 Å². The van der Waals surface area contributed by atoms with Crippen molar-refractivity contribution in [1.29, 1.82) is 0 Å². The molecule has 2 N–H and O–H groups in total. The summed E-state index contributed by atoms with van der Waals surface area (Å²) in [5.41, 5.74) is 7.79. The molecule has 19 heavy (non-hydrogen) atoms. The number of nitrogens with zero attached hydrogens (tertiary/aromatic N) is 2. The topological polar surface area (TPSA) is 50.9 Å². The molecule has 4 heteroatoms. The van der Waals surface area contributed by atoms with Crippen LogP contribution in [0.25, 0.3) is 0 Å². The Morgan fingerprint density at radius 1 is 1.05 bits per heavy atom. The van der Waals surface area contributed by atoms with E-state index in [0.29, 0.717) is 5.96 Å². The van der Waals surface area contributed by atoms with Gasteiger partial charge in [-0.25, -0.2) is 4.99 Å². The van der Waals surface area contributed by atoms with Gasteiger partial charge in [-0.1, -0.05) is 18.2 Å². The summed E-state index contributed by atoms with van der Waals surface area (Å²) in [5.74, 6) is 1.26. The lowest BCUT2D eigenvalue weighted by Crippen LogP contribution is -2.33. The first kappa shape index (κ1) is 13.0. The molecule has 98 valence electrons. The summed E-state index contributed by atoms with van der Waals surface area (Å²) in [6.45, 7) is 0. The van der Waals surface area contributed by atoms with Gasteiger partial charge in [0.2, 0.25) is 5.96 Å². The van der Waals surface area contributed by atoms with Crippen LogP contribution in [0.4, 0.5) is 11.4 Å². The van der Waals surface area contributed by atoms with Crippen LogP contribution in [0.5, 0.6) is 5.75 Å². The van der Waals surface area contributed by atoms with E-state index in [2.05, 4.69) is 4.99 Å². The van der Waals surface area contributed by atoms with Gasteiger partial charge >= 0.3 is 0 Å². The van der Waals surface area contributed by atoms with Crippen molar-refractivity contribution < 1.29 is 4.74 Å². The van der Waals surface area contributed by atoms with E-state index in [1.54, 1.807) is 7.11 Å². The minimum absolute atomic E-state index is 0.441. The number of anilines is 1. The lowest BCUT2D eigenvalue weighted by atomic mass is 10.3. The third kappa shape index (κ3) is 3.25. The maximum atomic E-state index is 6.00. The van der Waals surface area contributed by atoms with E-state index in [1.165, 1.54) is 0 Å². The second-order valence-electron chi connectivity index (χ2n) is 4.06. The maximum Gasteiger partial charge on any atom is 0.200 e. The van der Waals surface area contributed by atoms with Gasteiger partial charge in [0, 0.05) is 12.7 Å². The summed E-state index contributed by atoms with van der Waals surface area (Å²) < 4.78 is 5.13. The smallest absolute Gasteiger partial charge is 0.200 e. The van der Waals surface area contributed by atoms with E-state index >= 15 is 0 Å². The Balaban J connectivity index is 2.18. The van der Waals surface area contributed by atoms with Crippen molar-refractivity contribution in [2.24, 2.45) is 10.7 Å². The van der Waals surface area contributed by atoms with Crippen molar-refractivity contribution in [3.05, 3.63) is 54.6 Å². The number of hydrogen-bond acceptors (Lipinski definition) is 2. The average molecular weight is 255 g/mol. The Morgan fingerprint density at radius 3 is 2.26 bits per heavy atom. The molecule has 0 radical (unpaired) electrons. The minimum Gasteiger partial charge on any atom is -0.497 e. The van der Waals surface area contributed by atoms with Crippen LogP contribution < -0.4 is 15.4 Å². The third-order valence-corrected chi connectivity index (χ3v) is 2.80. The van der Waals surface area contributed by atoms with Crippen molar-refractivity contribution in [1.82, 2.24) is 0 Å². The van der Waals surface area contributed by atoms with E-state index in [1.807, 2.05) is 66.5 Å². The zero-order valence-electron chi connectivity index (χ0n) is 11.1. The molecule has 0 spiro atoms. The van der Waals surface area contributed by atoms with Crippen molar-refractivity contribution in [2.75, 3.05) is 19.1 Å². The number of ether oxygens (including phenoxy) is 1. The SMILES string of the molecule is COc1ccc(N(C)C(N)=Nc2ccccc2)cc1. The molecule has 0 saturated heterocycles. The van der Waals surface area contributed by atoms with Gasteiger partial charge in [-0.15, -0.1) is 0 Å². The van der Waals surface area contributed by atoms with Gasteiger partial charge in [0.15, 0.2) is 0 Å². The normalized spacial score (nSPS) is 11.2. The van der Waals surface area contributed by atoms with Gasteiger partial charge in [-0.2, -0.15) is 0 Å². The molecule has 0 saturated carbocycles. The third-order valence-electron chi connectivity index (χ3n) is 2.80. The molecule has 0 amide bonds. The van der Waals surface area contributed by atoms with Crippen molar-refractivity contribution in [3.8, 4) is 5.75 Å². The number of hydrogen-bond donors (Lipinski definition) is 1. The Labute approximate surface area is 113 Å². The standard InChI is InChI=1S/C15H17N3O/c1-18(13-8-10-14(19-2)11-9-13)15(16)17-12-6-4-3-5-7-12/h3-11H,1-2H3,(H2,16,17). The first-order chi connectivity index (χ1) is 9.20. The van der Waals surface area contributed by atoms with E-state index in [-0.39, 0.29) is 0 Å². The molecule has 0 aliphatic rings. The van der Waals surface area contributed by atoms with E-state index < -0.39 is 0 Å². The number of rotatable bonds is 3. The predicted molar refractivity (Wildman–Crippen MR) is 79.1 cm³/mol. The molecular formula is C15H17N3O. The summed E-state index contributed by atoms with van der Waals surface area (Å²) in [4.78, 5) is 6.19. The quantitative estimate of drug-likeness (QED) is 0.677. The van der Waals surface area contributed by atoms with Gasteiger partial charge < -0.3 is 15.4 Å². The highest BCUT2D eigenvalue weighted by Gasteiger charge is 2.05. The van der Waals surface area contributed by atoms with Gasteiger partial charge in [0.1, 0.15) is 5.75 Å². The molecule has 0 aromatic heterocycles. The van der Waals surface area contributed by atoms with Gasteiger partial charge in [0.25, 0.3) is 0 Å². The second kappa shape index (κ2) is 5.91. The highest BCUT2D eigenvalue weighted by molar-refractivity contribution is 5.95. The lowest BCUT2D eigenvalue weighted by Gasteiger charge is -2.18. The highest BCUT2D eigenvalue weighted by atomic mass is 16.5. The first-order valence-electron chi connectivity index (χ1n) is 5.97. The van der Waals surface area contributed by atoms with Crippen LogP contribution in [-0.4, -0.2) is 20.1 Å². The zero-order chi connectivity index (χ0) is 13.7. The van der Waals surface area contributed by atoms with Gasteiger partial charge in [-0.3, -0.25) is 0 Å². The molecule has 4 nitrogen and oxygen atoms in total. The average Bonchev–Trinajstić information content (AvgIpc) is 2.47. The molecule has 2 rings (SSSR count). The van der Waals surface area contributed by atoms with Crippen LogP contribution in [0.1, 0.15) is 0 Å². The van der Waals surface area contributed by atoms with Gasteiger partial charge in [-0.05, 0) is 36.4 Å². The molecule has 0 aliphatic carbocycles. The van der Waals surface area contributed by atoms with Crippen LogP contribution in [0, 0.1) is 0 Å². The number of nitrogens with two attached hydrogens (primary N) is 1.